The third kappa shape index (κ3) is 3.20. The first-order valence-electron chi connectivity index (χ1n) is 6.38. The van der Waals surface area contributed by atoms with Crippen LogP contribution in [0.2, 0.25) is 10.0 Å². The van der Waals surface area contributed by atoms with E-state index < -0.39 is 0 Å². The molecule has 2 aromatic carbocycles. The van der Waals surface area contributed by atoms with Crippen LogP contribution in [0.4, 0.5) is 0 Å². The van der Waals surface area contributed by atoms with Crippen LogP contribution in [0.3, 0.4) is 0 Å². The van der Waals surface area contributed by atoms with E-state index in [1.54, 1.807) is 24.7 Å². The van der Waals surface area contributed by atoms with Gasteiger partial charge in [-0.25, -0.2) is 4.98 Å². The van der Waals surface area contributed by atoms with Crippen molar-refractivity contribution in [2.75, 3.05) is 0 Å². The molecule has 0 spiro atoms. The Balaban J connectivity index is 1.71. The zero-order chi connectivity index (χ0) is 14.7. The Morgan fingerprint density at radius 1 is 1.00 bits per heavy atom. The van der Waals surface area contributed by atoms with E-state index in [0.717, 1.165) is 17.0 Å². The fraction of sp³-hybridized carbons (Fsp3) is 0.0625. The molecule has 0 aliphatic heterocycles. The van der Waals surface area contributed by atoms with Gasteiger partial charge in [-0.2, -0.15) is 0 Å². The predicted octanol–water partition coefficient (Wildman–Crippen LogP) is 4.76. The average Bonchev–Trinajstić information content (AvgIpc) is 3.02. The first-order valence-corrected chi connectivity index (χ1v) is 7.14. The molecule has 3 aromatic rings. The van der Waals surface area contributed by atoms with Crippen LogP contribution in [0.25, 0.3) is 5.69 Å². The van der Waals surface area contributed by atoms with Crippen LogP contribution >= 0.6 is 23.2 Å². The molecule has 1 aromatic heterocycles. The number of halogens is 2. The summed E-state index contributed by atoms with van der Waals surface area (Å²) < 4.78 is 7.66. The molecular weight excluding hydrogens is 307 g/mol. The first kappa shape index (κ1) is 14.0. The average molecular weight is 319 g/mol. The summed E-state index contributed by atoms with van der Waals surface area (Å²) >= 11 is 12.2. The number of hydrogen-bond acceptors (Lipinski definition) is 2. The summed E-state index contributed by atoms with van der Waals surface area (Å²) in [5.74, 6) is 0.759. The van der Waals surface area contributed by atoms with Crippen LogP contribution in [0, 0.1) is 0 Å². The zero-order valence-electron chi connectivity index (χ0n) is 11.0. The lowest BCUT2D eigenvalue weighted by molar-refractivity contribution is 0.306. The highest BCUT2D eigenvalue weighted by molar-refractivity contribution is 6.35. The number of hydrogen-bond donors (Lipinski definition) is 0. The van der Waals surface area contributed by atoms with Gasteiger partial charge in [0.1, 0.15) is 12.4 Å². The molecule has 0 aliphatic carbocycles. The van der Waals surface area contributed by atoms with Gasteiger partial charge >= 0.3 is 0 Å². The van der Waals surface area contributed by atoms with Crippen molar-refractivity contribution in [3.05, 3.63) is 76.8 Å². The second-order valence-corrected chi connectivity index (χ2v) is 5.27. The molecule has 1 heterocycles. The number of rotatable bonds is 4. The Bertz CT molecular complexity index is 704. The quantitative estimate of drug-likeness (QED) is 0.693. The largest absolute Gasteiger partial charge is 0.489 e. The SMILES string of the molecule is Clc1cccc(Cl)c1COc1ccc(-n2ccnc2)cc1. The fourth-order valence-electron chi connectivity index (χ4n) is 1.95. The van der Waals surface area contributed by atoms with Crippen molar-refractivity contribution < 1.29 is 4.74 Å². The molecule has 0 N–H and O–H groups in total. The topological polar surface area (TPSA) is 27.1 Å². The van der Waals surface area contributed by atoms with Crippen LogP contribution < -0.4 is 4.74 Å². The number of benzene rings is 2. The van der Waals surface area contributed by atoms with E-state index in [1.807, 2.05) is 41.1 Å². The number of nitrogens with zero attached hydrogens (tertiary/aromatic N) is 2. The van der Waals surface area contributed by atoms with Crippen LogP contribution in [0.1, 0.15) is 5.56 Å². The van der Waals surface area contributed by atoms with E-state index in [-0.39, 0.29) is 0 Å². The number of ether oxygens (including phenoxy) is 1. The van der Waals surface area contributed by atoms with Crippen LogP contribution in [0.5, 0.6) is 5.75 Å². The number of imidazole rings is 1. The molecule has 0 aliphatic rings. The van der Waals surface area contributed by atoms with E-state index in [4.69, 9.17) is 27.9 Å². The molecule has 0 bridgehead atoms. The summed E-state index contributed by atoms with van der Waals surface area (Å²) in [5, 5.41) is 1.22. The second-order valence-electron chi connectivity index (χ2n) is 4.45. The molecule has 3 rings (SSSR count). The van der Waals surface area contributed by atoms with E-state index in [1.165, 1.54) is 0 Å². The molecule has 0 fully saturated rings. The molecular formula is C16H12Cl2N2O. The summed E-state index contributed by atoms with van der Waals surface area (Å²) in [7, 11) is 0. The van der Waals surface area contributed by atoms with E-state index >= 15 is 0 Å². The van der Waals surface area contributed by atoms with Gasteiger partial charge in [-0.05, 0) is 36.4 Å². The zero-order valence-corrected chi connectivity index (χ0v) is 12.6. The van der Waals surface area contributed by atoms with Crippen molar-refractivity contribution in [3.63, 3.8) is 0 Å². The summed E-state index contributed by atoms with van der Waals surface area (Å²) in [4.78, 5) is 4.02. The normalized spacial score (nSPS) is 10.6. The first-order chi connectivity index (χ1) is 10.2. The Morgan fingerprint density at radius 3 is 2.33 bits per heavy atom. The van der Waals surface area contributed by atoms with E-state index in [0.29, 0.717) is 16.7 Å². The maximum absolute atomic E-state index is 6.11. The van der Waals surface area contributed by atoms with Gasteiger partial charge in [-0.15, -0.1) is 0 Å². The standard InChI is InChI=1S/C16H12Cl2N2O/c17-15-2-1-3-16(18)14(15)10-21-13-6-4-12(5-7-13)20-9-8-19-11-20/h1-9,11H,10H2. The summed E-state index contributed by atoms with van der Waals surface area (Å²) in [5.41, 5.74) is 1.81. The smallest absolute Gasteiger partial charge is 0.119 e. The molecule has 0 amide bonds. The van der Waals surface area contributed by atoms with Crippen LogP contribution in [-0.2, 0) is 6.61 Å². The maximum atomic E-state index is 6.11. The van der Waals surface area contributed by atoms with Gasteiger partial charge in [-0.3, -0.25) is 0 Å². The highest BCUT2D eigenvalue weighted by Gasteiger charge is 2.06. The lowest BCUT2D eigenvalue weighted by Crippen LogP contribution is -1.98. The summed E-state index contributed by atoms with van der Waals surface area (Å²) in [6, 6.07) is 13.1. The van der Waals surface area contributed by atoms with E-state index in [2.05, 4.69) is 4.98 Å². The monoisotopic (exact) mass is 318 g/mol. The number of aromatic nitrogens is 2. The van der Waals surface area contributed by atoms with Crippen LogP contribution in [-0.4, -0.2) is 9.55 Å². The highest BCUT2D eigenvalue weighted by Crippen LogP contribution is 2.26. The Hall–Kier alpha value is -1.97. The molecule has 0 atom stereocenters. The summed E-state index contributed by atoms with van der Waals surface area (Å²) in [6.45, 7) is 0.336. The van der Waals surface area contributed by atoms with Gasteiger partial charge in [0.15, 0.2) is 0 Å². The van der Waals surface area contributed by atoms with Gasteiger partial charge in [0, 0.05) is 33.7 Å². The van der Waals surface area contributed by atoms with Crippen LogP contribution in [0.15, 0.2) is 61.2 Å². The lowest BCUT2D eigenvalue weighted by Gasteiger charge is -2.10. The molecule has 0 unspecified atom stereocenters. The minimum Gasteiger partial charge on any atom is -0.489 e. The molecule has 0 saturated carbocycles. The Kier molecular flexibility index (Phi) is 4.13. The fourth-order valence-corrected chi connectivity index (χ4v) is 2.46. The van der Waals surface area contributed by atoms with Gasteiger partial charge in [0.2, 0.25) is 0 Å². The molecule has 0 saturated heterocycles. The van der Waals surface area contributed by atoms with Crippen molar-refractivity contribution in [3.8, 4) is 11.4 Å². The van der Waals surface area contributed by atoms with Gasteiger partial charge < -0.3 is 9.30 Å². The van der Waals surface area contributed by atoms with Crippen molar-refractivity contribution in [1.82, 2.24) is 9.55 Å². The Morgan fingerprint density at radius 2 is 1.71 bits per heavy atom. The van der Waals surface area contributed by atoms with Gasteiger partial charge in [0.25, 0.3) is 0 Å². The molecule has 5 heteroatoms. The Labute approximate surface area is 132 Å². The van der Waals surface area contributed by atoms with E-state index in [9.17, 15) is 0 Å². The third-order valence-corrected chi connectivity index (χ3v) is 3.79. The second kappa shape index (κ2) is 6.20. The lowest BCUT2D eigenvalue weighted by atomic mass is 10.2. The molecule has 106 valence electrons. The van der Waals surface area contributed by atoms with Crippen molar-refractivity contribution in [2.24, 2.45) is 0 Å². The maximum Gasteiger partial charge on any atom is 0.119 e. The van der Waals surface area contributed by atoms with Crippen molar-refractivity contribution in [1.29, 1.82) is 0 Å². The van der Waals surface area contributed by atoms with Crippen molar-refractivity contribution >= 4 is 23.2 Å². The predicted molar refractivity (Wildman–Crippen MR) is 84.4 cm³/mol. The molecule has 21 heavy (non-hydrogen) atoms. The minimum absolute atomic E-state index is 0.336. The summed E-state index contributed by atoms with van der Waals surface area (Å²) in [6.07, 6.45) is 5.38. The molecule has 3 nitrogen and oxygen atoms in total. The van der Waals surface area contributed by atoms with Gasteiger partial charge in [-0.1, -0.05) is 29.3 Å². The highest BCUT2D eigenvalue weighted by atomic mass is 35.5. The third-order valence-electron chi connectivity index (χ3n) is 3.08. The van der Waals surface area contributed by atoms with Gasteiger partial charge in [0.05, 0.1) is 6.33 Å². The minimum atomic E-state index is 0.336. The molecule has 0 radical (unpaired) electrons. The van der Waals surface area contributed by atoms with Crippen molar-refractivity contribution in [2.45, 2.75) is 6.61 Å².